The van der Waals surface area contributed by atoms with Gasteiger partial charge in [0, 0.05) is 32.2 Å². The lowest BCUT2D eigenvalue weighted by atomic mass is 10.1. The highest BCUT2D eigenvalue weighted by Crippen LogP contribution is 2.20. The topological polar surface area (TPSA) is 79.4 Å². The first-order valence-electron chi connectivity index (χ1n) is 9.50. The van der Waals surface area contributed by atoms with Crippen molar-refractivity contribution in [3.8, 4) is 5.75 Å². The van der Waals surface area contributed by atoms with Crippen LogP contribution in [-0.4, -0.2) is 48.7 Å². The van der Waals surface area contributed by atoms with Gasteiger partial charge in [-0.2, -0.15) is 0 Å². The van der Waals surface area contributed by atoms with Gasteiger partial charge >= 0.3 is 0 Å². The monoisotopic (exact) mass is 369 g/mol. The molecule has 0 bridgehead atoms. The number of carbonyl (C=O) groups is 1. The number of aryl methyl sites for hydroxylation is 1. The maximum absolute atomic E-state index is 11.8. The molecule has 0 atom stereocenters. The van der Waals surface area contributed by atoms with Crippen LogP contribution in [0.2, 0.25) is 0 Å². The second-order valence-electron chi connectivity index (χ2n) is 6.58. The molecule has 1 amide bonds. The molecule has 0 unspecified atom stereocenters. The summed E-state index contributed by atoms with van der Waals surface area (Å²) in [6, 6.07) is 11.3. The van der Waals surface area contributed by atoms with Crippen LogP contribution in [0, 0.1) is 6.92 Å². The van der Waals surface area contributed by atoms with E-state index in [0.29, 0.717) is 18.8 Å². The Morgan fingerprint density at radius 1 is 1.11 bits per heavy atom. The first-order chi connectivity index (χ1) is 13.2. The van der Waals surface area contributed by atoms with Gasteiger partial charge in [0.1, 0.15) is 23.2 Å². The molecule has 144 valence electrons. The zero-order valence-corrected chi connectivity index (χ0v) is 15.8. The Morgan fingerprint density at radius 2 is 1.89 bits per heavy atom. The van der Waals surface area contributed by atoms with Gasteiger partial charge in [0.25, 0.3) is 5.91 Å². The van der Waals surface area contributed by atoms with E-state index in [4.69, 9.17) is 4.74 Å². The maximum atomic E-state index is 11.8. The molecule has 0 radical (unpaired) electrons. The molecule has 0 saturated carbocycles. The molecule has 2 N–H and O–H groups in total. The van der Waals surface area contributed by atoms with Crippen LogP contribution < -0.4 is 20.3 Å². The molecule has 27 heavy (non-hydrogen) atoms. The fourth-order valence-corrected chi connectivity index (χ4v) is 3.04. The van der Waals surface area contributed by atoms with Crippen molar-refractivity contribution < 1.29 is 9.53 Å². The van der Waals surface area contributed by atoms with E-state index >= 15 is 0 Å². The van der Waals surface area contributed by atoms with Gasteiger partial charge in [-0.1, -0.05) is 18.2 Å². The molecule has 1 aromatic heterocycles. The number of benzene rings is 1. The molecule has 2 heterocycles. The fourth-order valence-electron chi connectivity index (χ4n) is 3.04. The Balaban J connectivity index is 1.40. The SMILES string of the molecule is Cc1nc(NCCNC(=O)COc2ccccc2)cc(N2CCCCC2)n1. The van der Waals surface area contributed by atoms with Crippen molar-refractivity contribution in [1.29, 1.82) is 0 Å². The van der Waals surface area contributed by atoms with Crippen LogP contribution in [0.5, 0.6) is 5.75 Å². The average Bonchev–Trinajstić information content (AvgIpc) is 2.71. The first kappa shape index (κ1) is 18.9. The van der Waals surface area contributed by atoms with E-state index in [2.05, 4.69) is 25.5 Å². The molecular weight excluding hydrogens is 342 g/mol. The number of rotatable bonds is 8. The highest BCUT2D eigenvalue weighted by molar-refractivity contribution is 5.77. The summed E-state index contributed by atoms with van der Waals surface area (Å²) < 4.78 is 5.42. The average molecular weight is 369 g/mol. The van der Waals surface area contributed by atoms with Crippen LogP contribution in [-0.2, 0) is 4.79 Å². The van der Waals surface area contributed by atoms with E-state index in [1.165, 1.54) is 19.3 Å². The lowest BCUT2D eigenvalue weighted by Gasteiger charge is -2.28. The van der Waals surface area contributed by atoms with E-state index in [1.54, 1.807) is 0 Å². The summed E-state index contributed by atoms with van der Waals surface area (Å²) in [6.45, 7) is 5.10. The number of nitrogens with one attached hydrogen (secondary N) is 2. The smallest absolute Gasteiger partial charge is 0.258 e. The number of carbonyl (C=O) groups excluding carboxylic acids is 1. The lowest BCUT2D eigenvalue weighted by Crippen LogP contribution is -2.33. The molecule has 7 heteroatoms. The molecule has 1 aliphatic rings. The summed E-state index contributed by atoms with van der Waals surface area (Å²) >= 11 is 0. The minimum Gasteiger partial charge on any atom is -0.484 e. The summed E-state index contributed by atoms with van der Waals surface area (Å²) in [5.41, 5.74) is 0. The van der Waals surface area contributed by atoms with E-state index in [-0.39, 0.29) is 12.5 Å². The van der Waals surface area contributed by atoms with Crippen molar-refractivity contribution in [3.05, 3.63) is 42.2 Å². The lowest BCUT2D eigenvalue weighted by molar-refractivity contribution is -0.123. The van der Waals surface area contributed by atoms with Crippen LogP contribution in [0.3, 0.4) is 0 Å². The second-order valence-corrected chi connectivity index (χ2v) is 6.58. The summed E-state index contributed by atoms with van der Waals surface area (Å²) in [6.07, 6.45) is 3.71. The molecule has 1 fully saturated rings. The van der Waals surface area contributed by atoms with Crippen molar-refractivity contribution in [2.75, 3.05) is 43.0 Å². The van der Waals surface area contributed by atoms with Crippen molar-refractivity contribution in [3.63, 3.8) is 0 Å². The normalized spacial score (nSPS) is 13.9. The minimum atomic E-state index is -0.145. The number of amides is 1. The summed E-state index contributed by atoms with van der Waals surface area (Å²) in [4.78, 5) is 23.1. The van der Waals surface area contributed by atoms with Crippen LogP contribution in [0.25, 0.3) is 0 Å². The van der Waals surface area contributed by atoms with Gasteiger partial charge in [-0.15, -0.1) is 0 Å². The van der Waals surface area contributed by atoms with E-state index in [1.807, 2.05) is 43.3 Å². The molecule has 1 aliphatic heterocycles. The van der Waals surface area contributed by atoms with Gasteiger partial charge in [0.2, 0.25) is 0 Å². The standard InChI is InChI=1S/C20H27N5O2/c1-16-23-18(14-19(24-16)25-12-6-3-7-13-25)21-10-11-22-20(26)15-27-17-8-4-2-5-9-17/h2,4-5,8-9,14H,3,6-7,10-13,15H2,1H3,(H,22,26)(H,21,23,24). The van der Waals surface area contributed by atoms with E-state index < -0.39 is 0 Å². The van der Waals surface area contributed by atoms with Gasteiger partial charge in [-0.3, -0.25) is 4.79 Å². The van der Waals surface area contributed by atoms with Crippen LogP contribution >= 0.6 is 0 Å². The number of hydrogen-bond acceptors (Lipinski definition) is 6. The molecule has 3 rings (SSSR count). The minimum absolute atomic E-state index is 0.00966. The van der Waals surface area contributed by atoms with E-state index in [9.17, 15) is 4.79 Å². The molecular formula is C20H27N5O2. The van der Waals surface area contributed by atoms with Crippen molar-refractivity contribution >= 4 is 17.5 Å². The number of hydrogen-bond donors (Lipinski definition) is 2. The van der Waals surface area contributed by atoms with Crippen molar-refractivity contribution in [1.82, 2.24) is 15.3 Å². The van der Waals surface area contributed by atoms with Gasteiger partial charge in [0.05, 0.1) is 0 Å². The summed E-state index contributed by atoms with van der Waals surface area (Å²) in [5.74, 6) is 3.06. The predicted octanol–water partition coefficient (Wildman–Crippen LogP) is 2.38. The van der Waals surface area contributed by atoms with Crippen LogP contribution in [0.4, 0.5) is 11.6 Å². The molecule has 2 aromatic rings. The Bertz CT molecular complexity index is 732. The quantitative estimate of drug-likeness (QED) is 0.696. The number of para-hydroxylation sites is 1. The fraction of sp³-hybridized carbons (Fsp3) is 0.450. The first-order valence-corrected chi connectivity index (χ1v) is 9.50. The predicted molar refractivity (Wildman–Crippen MR) is 106 cm³/mol. The summed E-state index contributed by atoms with van der Waals surface area (Å²) in [5, 5.41) is 6.10. The third-order valence-corrected chi connectivity index (χ3v) is 4.37. The number of anilines is 2. The van der Waals surface area contributed by atoms with Gasteiger partial charge < -0.3 is 20.3 Å². The number of aromatic nitrogens is 2. The number of piperidine rings is 1. The Kier molecular flexibility index (Phi) is 6.84. The Labute approximate surface area is 160 Å². The van der Waals surface area contributed by atoms with Crippen molar-refractivity contribution in [2.45, 2.75) is 26.2 Å². The largest absolute Gasteiger partial charge is 0.484 e. The highest BCUT2D eigenvalue weighted by Gasteiger charge is 2.13. The molecule has 0 spiro atoms. The third-order valence-electron chi connectivity index (χ3n) is 4.37. The Morgan fingerprint density at radius 3 is 2.67 bits per heavy atom. The van der Waals surface area contributed by atoms with Crippen molar-refractivity contribution in [2.24, 2.45) is 0 Å². The summed E-state index contributed by atoms with van der Waals surface area (Å²) in [7, 11) is 0. The zero-order valence-electron chi connectivity index (χ0n) is 15.8. The molecule has 1 saturated heterocycles. The highest BCUT2D eigenvalue weighted by atomic mass is 16.5. The van der Waals surface area contributed by atoms with Gasteiger partial charge in [0.15, 0.2) is 6.61 Å². The molecule has 7 nitrogen and oxygen atoms in total. The zero-order chi connectivity index (χ0) is 18.9. The number of nitrogens with zero attached hydrogens (tertiary/aromatic N) is 3. The number of ether oxygens (including phenoxy) is 1. The maximum Gasteiger partial charge on any atom is 0.258 e. The Hall–Kier alpha value is -2.83. The third kappa shape index (κ3) is 6.13. The van der Waals surface area contributed by atoms with E-state index in [0.717, 1.165) is 30.5 Å². The van der Waals surface area contributed by atoms with Gasteiger partial charge in [-0.25, -0.2) is 9.97 Å². The molecule has 1 aromatic carbocycles. The molecule has 0 aliphatic carbocycles. The van der Waals surface area contributed by atoms with Crippen LogP contribution in [0.15, 0.2) is 36.4 Å². The van der Waals surface area contributed by atoms with Crippen LogP contribution in [0.1, 0.15) is 25.1 Å². The van der Waals surface area contributed by atoms with Gasteiger partial charge in [-0.05, 0) is 38.3 Å². The second kappa shape index (κ2) is 9.75.